The number of nitrogens with zero attached hydrogens (tertiary/aromatic N) is 5. The van der Waals surface area contributed by atoms with E-state index in [4.69, 9.17) is 16.0 Å². The molecule has 0 radical (unpaired) electrons. The predicted molar refractivity (Wildman–Crippen MR) is 120 cm³/mol. The first kappa shape index (κ1) is 20.5. The molecular formula is C22H21ClN6O2. The molecule has 4 rings (SSSR count). The van der Waals surface area contributed by atoms with Gasteiger partial charge in [0.05, 0.1) is 17.6 Å². The molecule has 0 bridgehead atoms. The van der Waals surface area contributed by atoms with Gasteiger partial charge >= 0.3 is 6.01 Å². The topological polar surface area (TPSA) is 97.0 Å². The van der Waals surface area contributed by atoms with E-state index in [1.165, 1.54) is 4.90 Å². The maximum Gasteiger partial charge on any atom is 0.320 e. The maximum absolute atomic E-state index is 12.1. The van der Waals surface area contributed by atoms with Crippen molar-refractivity contribution in [3.05, 3.63) is 71.0 Å². The van der Waals surface area contributed by atoms with Gasteiger partial charge in [-0.15, -0.1) is 5.10 Å². The molecule has 0 saturated carbocycles. The van der Waals surface area contributed by atoms with Crippen molar-refractivity contribution in [3.63, 3.8) is 0 Å². The lowest BCUT2D eigenvalue weighted by atomic mass is 10.1. The highest BCUT2D eigenvalue weighted by Crippen LogP contribution is 2.26. The smallest absolute Gasteiger partial charge is 0.320 e. The number of benzene rings is 2. The summed E-state index contributed by atoms with van der Waals surface area (Å²) in [5.74, 6) is 0.184. The Morgan fingerprint density at radius 3 is 2.61 bits per heavy atom. The molecule has 0 aliphatic rings. The third-order valence-corrected chi connectivity index (χ3v) is 4.73. The summed E-state index contributed by atoms with van der Waals surface area (Å²) in [5.41, 5.74) is 3.92. The number of aryl methyl sites for hydroxylation is 1. The summed E-state index contributed by atoms with van der Waals surface area (Å²) in [7, 11) is 3.43. The van der Waals surface area contributed by atoms with Gasteiger partial charge in [-0.05, 0) is 37.3 Å². The molecule has 0 atom stereocenters. The second-order valence-electron chi connectivity index (χ2n) is 7.01. The number of hydrogen-bond acceptors (Lipinski definition) is 7. The number of hydrogen-bond donors (Lipinski definition) is 1. The van der Waals surface area contributed by atoms with Crippen LogP contribution in [0.15, 0.2) is 59.1 Å². The third-order valence-electron chi connectivity index (χ3n) is 4.49. The summed E-state index contributed by atoms with van der Waals surface area (Å²) in [6, 6.07) is 14.6. The molecule has 4 aromatic rings. The first-order valence-corrected chi connectivity index (χ1v) is 9.80. The van der Waals surface area contributed by atoms with Crippen molar-refractivity contribution >= 4 is 29.2 Å². The first-order valence-electron chi connectivity index (χ1n) is 9.43. The Morgan fingerprint density at radius 1 is 1.13 bits per heavy atom. The van der Waals surface area contributed by atoms with Crippen LogP contribution < -0.4 is 5.32 Å². The Bertz CT molecular complexity index is 1240. The fourth-order valence-electron chi connectivity index (χ4n) is 2.89. The monoisotopic (exact) mass is 436 g/mol. The van der Waals surface area contributed by atoms with Gasteiger partial charge in [0.15, 0.2) is 0 Å². The van der Waals surface area contributed by atoms with Gasteiger partial charge in [0.1, 0.15) is 5.69 Å². The minimum Gasteiger partial charge on any atom is -0.401 e. The van der Waals surface area contributed by atoms with Crippen molar-refractivity contribution < 1.29 is 10.6 Å². The first-order chi connectivity index (χ1) is 14.9. The van der Waals surface area contributed by atoms with Crippen molar-refractivity contribution in [2.24, 2.45) is 0 Å². The van der Waals surface area contributed by atoms with Gasteiger partial charge in [0, 0.05) is 37.4 Å². The molecule has 2 aromatic heterocycles. The van der Waals surface area contributed by atoms with E-state index in [1.807, 2.05) is 31.2 Å². The van der Waals surface area contributed by atoms with Gasteiger partial charge < -0.3 is 14.6 Å². The number of rotatable bonds is 5. The normalized spacial score (nSPS) is 10.7. The lowest BCUT2D eigenvalue weighted by molar-refractivity contribution is 0.0827. The fraction of sp³-hybridized carbons (Fsp3) is 0.136. The summed E-state index contributed by atoms with van der Waals surface area (Å²) in [6.45, 7) is 1.82. The lowest BCUT2D eigenvalue weighted by Crippen LogP contribution is -2.21. The van der Waals surface area contributed by atoms with Crippen molar-refractivity contribution in [2.45, 2.75) is 6.92 Å². The third kappa shape index (κ3) is 4.54. The number of carbonyl (C=O) groups excluding carboxylic acids is 1. The molecule has 0 spiro atoms. The molecular weight excluding hydrogens is 416 g/mol. The summed E-state index contributed by atoms with van der Waals surface area (Å²) >= 11 is 6.01. The van der Waals surface area contributed by atoms with Crippen LogP contribution in [-0.2, 0) is 0 Å². The predicted octanol–water partition coefficient (Wildman–Crippen LogP) is 4.85. The van der Waals surface area contributed by atoms with Crippen LogP contribution in [0.3, 0.4) is 0 Å². The molecule has 1 amide bonds. The molecule has 31 heavy (non-hydrogen) atoms. The average Bonchev–Trinajstić information content (AvgIpc) is 3.22. The minimum absolute atomic E-state index is 0. The molecule has 0 aliphatic heterocycles. The van der Waals surface area contributed by atoms with Crippen LogP contribution in [0.2, 0.25) is 5.02 Å². The quantitative estimate of drug-likeness (QED) is 0.477. The van der Waals surface area contributed by atoms with E-state index in [0.29, 0.717) is 27.7 Å². The van der Waals surface area contributed by atoms with E-state index < -0.39 is 0 Å². The Hall–Kier alpha value is -3.78. The zero-order valence-electron chi connectivity index (χ0n) is 17.1. The number of amides is 1. The van der Waals surface area contributed by atoms with Crippen molar-refractivity contribution in [1.29, 1.82) is 0 Å². The largest absolute Gasteiger partial charge is 0.401 e. The van der Waals surface area contributed by atoms with E-state index in [1.54, 1.807) is 44.6 Å². The highest BCUT2D eigenvalue weighted by molar-refractivity contribution is 6.30. The van der Waals surface area contributed by atoms with Crippen molar-refractivity contribution in [2.75, 3.05) is 19.4 Å². The van der Waals surface area contributed by atoms with Gasteiger partial charge in [-0.1, -0.05) is 34.9 Å². The molecule has 158 valence electrons. The van der Waals surface area contributed by atoms with E-state index >= 15 is 0 Å². The van der Waals surface area contributed by atoms with Gasteiger partial charge in [0.2, 0.25) is 0 Å². The number of aromatic nitrogens is 4. The SMILES string of the molecule is Cc1ncc(-c2ccc(C(=O)N(C)C)cc2)nc1-c1nnc(Nc2cccc(Cl)c2)o1.[HH]. The van der Waals surface area contributed by atoms with E-state index in [9.17, 15) is 4.79 Å². The Balaban J connectivity index is 0.00000289. The van der Waals surface area contributed by atoms with Crippen LogP contribution in [0.1, 0.15) is 17.5 Å². The zero-order chi connectivity index (χ0) is 22.0. The van der Waals surface area contributed by atoms with Crippen LogP contribution in [-0.4, -0.2) is 45.1 Å². The van der Waals surface area contributed by atoms with Crippen LogP contribution in [0.5, 0.6) is 0 Å². The second kappa shape index (κ2) is 8.53. The summed E-state index contributed by atoms with van der Waals surface area (Å²) in [4.78, 5) is 22.7. The molecule has 9 heteroatoms. The fourth-order valence-corrected chi connectivity index (χ4v) is 3.08. The van der Waals surface area contributed by atoms with E-state index in [0.717, 1.165) is 11.3 Å². The van der Waals surface area contributed by atoms with Gasteiger partial charge in [-0.25, -0.2) is 4.98 Å². The van der Waals surface area contributed by atoms with Crippen molar-refractivity contribution in [1.82, 2.24) is 25.1 Å². The summed E-state index contributed by atoms with van der Waals surface area (Å²) < 4.78 is 5.73. The average molecular weight is 437 g/mol. The maximum atomic E-state index is 12.1. The highest BCUT2D eigenvalue weighted by atomic mass is 35.5. The van der Waals surface area contributed by atoms with Crippen LogP contribution in [0, 0.1) is 6.92 Å². The van der Waals surface area contributed by atoms with Crippen LogP contribution in [0.25, 0.3) is 22.8 Å². The van der Waals surface area contributed by atoms with Crippen molar-refractivity contribution in [3.8, 4) is 22.8 Å². The lowest BCUT2D eigenvalue weighted by Gasteiger charge is -2.10. The summed E-state index contributed by atoms with van der Waals surface area (Å²) in [6.07, 6.45) is 1.67. The van der Waals surface area contributed by atoms with E-state index in [2.05, 4.69) is 25.5 Å². The Kier molecular flexibility index (Phi) is 5.64. The van der Waals surface area contributed by atoms with Gasteiger partial charge in [0.25, 0.3) is 11.8 Å². The number of anilines is 2. The van der Waals surface area contributed by atoms with Crippen LogP contribution in [0.4, 0.5) is 11.7 Å². The molecule has 2 aromatic carbocycles. The Labute approximate surface area is 185 Å². The second-order valence-corrected chi connectivity index (χ2v) is 7.45. The number of halogens is 1. The van der Waals surface area contributed by atoms with Crippen LogP contribution >= 0.6 is 11.6 Å². The van der Waals surface area contributed by atoms with E-state index in [-0.39, 0.29) is 19.2 Å². The molecule has 0 saturated heterocycles. The number of nitrogens with one attached hydrogen (secondary N) is 1. The molecule has 2 heterocycles. The standard InChI is InChI=1S/C22H19ClN6O2.H2/c1-13-19(20-27-28-22(31-20)25-17-6-4-5-16(23)11-17)26-18(12-24-13)14-7-9-15(10-8-14)21(30)29(2)3;/h4-12H,1-3H3,(H,25,28);1H. The molecule has 1 N–H and O–H groups in total. The van der Waals surface area contributed by atoms with Gasteiger partial charge in [-0.2, -0.15) is 0 Å². The number of carbonyl (C=O) groups is 1. The summed E-state index contributed by atoms with van der Waals surface area (Å²) in [5, 5.41) is 11.7. The molecule has 0 fully saturated rings. The minimum atomic E-state index is -0.0622. The zero-order valence-corrected chi connectivity index (χ0v) is 17.9. The highest BCUT2D eigenvalue weighted by Gasteiger charge is 2.16. The van der Waals surface area contributed by atoms with Gasteiger partial charge in [-0.3, -0.25) is 9.78 Å². The molecule has 0 aliphatic carbocycles. The Morgan fingerprint density at radius 2 is 1.90 bits per heavy atom. The molecule has 8 nitrogen and oxygen atoms in total. The molecule has 0 unspecified atom stereocenters.